The van der Waals surface area contributed by atoms with Crippen LogP contribution in [0.2, 0.25) is 10.0 Å². The lowest BCUT2D eigenvalue weighted by Crippen LogP contribution is -2.26. The van der Waals surface area contributed by atoms with Crippen molar-refractivity contribution in [2.45, 2.75) is 32.7 Å². The van der Waals surface area contributed by atoms with Gasteiger partial charge in [-0.15, -0.1) is 0 Å². The largest absolute Gasteiger partial charge is 0.487 e. The quantitative estimate of drug-likeness (QED) is 0.385. The summed E-state index contributed by atoms with van der Waals surface area (Å²) in [6.07, 6.45) is -4.36. The van der Waals surface area contributed by atoms with Crippen LogP contribution < -0.4 is 10.3 Å². The molecule has 0 aliphatic carbocycles. The van der Waals surface area contributed by atoms with Gasteiger partial charge in [-0.3, -0.25) is 4.79 Å². The summed E-state index contributed by atoms with van der Waals surface area (Å²) in [6, 6.07) is 11.3. The summed E-state index contributed by atoms with van der Waals surface area (Å²) in [7, 11) is 0. The molecule has 0 unspecified atom stereocenters. The summed E-state index contributed by atoms with van der Waals surface area (Å²) in [5.74, 6) is -1.61. The average Bonchev–Trinajstić information content (AvgIpc) is 2.70. The lowest BCUT2D eigenvalue weighted by Gasteiger charge is -2.17. The molecule has 1 heterocycles. The van der Waals surface area contributed by atoms with Gasteiger partial charge in [0.15, 0.2) is 0 Å². The van der Waals surface area contributed by atoms with Gasteiger partial charge in [0.05, 0.1) is 16.3 Å². The maximum atomic E-state index is 13.5. The van der Waals surface area contributed by atoms with Crippen LogP contribution in [0.5, 0.6) is 5.75 Å². The minimum Gasteiger partial charge on any atom is -0.487 e. The lowest BCUT2D eigenvalue weighted by molar-refractivity contribution is -0.140. The molecule has 0 atom stereocenters. The number of halogens is 6. The number of benzene rings is 2. The third-order valence-corrected chi connectivity index (χ3v) is 5.27. The summed E-state index contributed by atoms with van der Waals surface area (Å²) in [5, 5.41) is 0.0467. The Kier molecular flexibility index (Phi) is 6.96. The molecule has 9 heteroatoms. The SMILES string of the molecule is Cc1ccc(CCn2c(COc3ccc(F)c(C(F)(F)F)c3)c(Cl)cc(Cl)c2=O)cc1. The number of pyridine rings is 1. The third-order valence-electron chi connectivity index (χ3n) is 4.67. The Bertz CT molecular complexity index is 1140. The van der Waals surface area contributed by atoms with Gasteiger partial charge < -0.3 is 9.30 Å². The molecule has 0 radical (unpaired) electrons. The van der Waals surface area contributed by atoms with Gasteiger partial charge >= 0.3 is 6.18 Å². The van der Waals surface area contributed by atoms with E-state index in [0.717, 1.165) is 17.2 Å². The zero-order valence-electron chi connectivity index (χ0n) is 16.3. The van der Waals surface area contributed by atoms with E-state index < -0.39 is 23.1 Å². The Labute approximate surface area is 185 Å². The second-order valence-electron chi connectivity index (χ2n) is 6.91. The number of ether oxygens (including phenoxy) is 1. The first-order chi connectivity index (χ1) is 14.6. The highest BCUT2D eigenvalue weighted by Gasteiger charge is 2.34. The van der Waals surface area contributed by atoms with Crippen LogP contribution in [0.4, 0.5) is 17.6 Å². The molecule has 0 amide bonds. The van der Waals surface area contributed by atoms with E-state index in [-0.39, 0.29) is 34.6 Å². The van der Waals surface area contributed by atoms with Crippen molar-refractivity contribution in [3.63, 3.8) is 0 Å². The van der Waals surface area contributed by atoms with Gasteiger partial charge in [-0.2, -0.15) is 13.2 Å². The predicted molar refractivity (Wildman–Crippen MR) is 111 cm³/mol. The number of nitrogens with zero attached hydrogens (tertiary/aromatic N) is 1. The molecule has 3 rings (SSSR count). The minimum atomic E-state index is -4.86. The van der Waals surface area contributed by atoms with Crippen LogP contribution in [0.15, 0.2) is 53.3 Å². The molecular weight excluding hydrogens is 457 g/mol. The van der Waals surface area contributed by atoms with Crippen LogP contribution in [0.1, 0.15) is 22.4 Å². The molecule has 2 aromatic carbocycles. The van der Waals surface area contributed by atoms with E-state index in [2.05, 4.69) is 0 Å². The van der Waals surface area contributed by atoms with Crippen LogP contribution in [-0.2, 0) is 25.7 Å². The van der Waals surface area contributed by atoms with Crippen LogP contribution in [0.3, 0.4) is 0 Å². The number of hydrogen-bond donors (Lipinski definition) is 0. The van der Waals surface area contributed by atoms with Crippen LogP contribution in [-0.4, -0.2) is 4.57 Å². The molecule has 3 aromatic rings. The molecule has 0 N–H and O–H groups in total. The Morgan fingerprint density at radius 2 is 1.68 bits per heavy atom. The zero-order chi connectivity index (χ0) is 22.8. The molecule has 0 bridgehead atoms. The molecule has 0 saturated heterocycles. The van der Waals surface area contributed by atoms with E-state index in [1.54, 1.807) is 0 Å². The maximum absolute atomic E-state index is 13.5. The van der Waals surface area contributed by atoms with Gasteiger partial charge in [0.25, 0.3) is 5.56 Å². The fraction of sp³-hybridized carbons (Fsp3) is 0.227. The lowest BCUT2D eigenvalue weighted by atomic mass is 10.1. The predicted octanol–water partition coefficient (Wildman–Crippen LogP) is 6.44. The fourth-order valence-electron chi connectivity index (χ4n) is 2.98. The summed E-state index contributed by atoms with van der Waals surface area (Å²) in [6.45, 7) is 1.89. The van der Waals surface area contributed by atoms with E-state index in [9.17, 15) is 22.4 Å². The van der Waals surface area contributed by atoms with Crippen molar-refractivity contribution in [3.8, 4) is 5.75 Å². The number of alkyl halides is 3. The van der Waals surface area contributed by atoms with Crippen molar-refractivity contribution >= 4 is 23.2 Å². The van der Waals surface area contributed by atoms with Gasteiger partial charge in [0, 0.05) is 6.54 Å². The van der Waals surface area contributed by atoms with E-state index >= 15 is 0 Å². The van der Waals surface area contributed by atoms with Crippen LogP contribution in [0.25, 0.3) is 0 Å². The Morgan fingerprint density at radius 3 is 2.32 bits per heavy atom. The summed E-state index contributed by atoms with van der Waals surface area (Å²) in [4.78, 5) is 12.6. The number of aryl methyl sites for hydroxylation is 2. The van der Waals surface area contributed by atoms with Crippen molar-refractivity contribution in [2.24, 2.45) is 0 Å². The van der Waals surface area contributed by atoms with Crippen molar-refractivity contribution in [1.82, 2.24) is 4.57 Å². The monoisotopic (exact) mass is 473 g/mol. The second kappa shape index (κ2) is 9.32. The average molecular weight is 474 g/mol. The fourth-order valence-corrected chi connectivity index (χ4v) is 3.51. The summed E-state index contributed by atoms with van der Waals surface area (Å²) >= 11 is 12.2. The van der Waals surface area contributed by atoms with E-state index in [1.807, 2.05) is 31.2 Å². The van der Waals surface area contributed by atoms with Gasteiger partial charge in [0.1, 0.15) is 23.2 Å². The highest BCUT2D eigenvalue weighted by molar-refractivity contribution is 6.34. The van der Waals surface area contributed by atoms with Gasteiger partial charge in [-0.05, 0) is 43.2 Å². The highest BCUT2D eigenvalue weighted by atomic mass is 35.5. The minimum absolute atomic E-state index is 0.0844. The van der Waals surface area contributed by atoms with Crippen molar-refractivity contribution in [1.29, 1.82) is 0 Å². The number of aromatic nitrogens is 1. The molecular formula is C22H17Cl2F4NO2. The Hall–Kier alpha value is -2.51. The van der Waals surface area contributed by atoms with Crippen molar-refractivity contribution in [2.75, 3.05) is 0 Å². The molecule has 0 spiro atoms. The molecule has 0 saturated carbocycles. The standard InChI is InChI=1S/C22H17Cl2F4NO2/c1-13-2-4-14(5-3-13)8-9-29-20(17(23)11-18(24)21(29)30)12-31-15-6-7-19(25)16(10-15)22(26,27)28/h2-7,10-11H,8-9,12H2,1H3. The number of hydrogen-bond acceptors (Lipinski definition) is 2. The maximum Gasteiger partial charge on any atom is 0.419 e. The smallest absolute Gasteiger partial charge is 0.419 e. The van der Waals surface area contributed by atoms with Gasteiger partial charge in [-0.25, -0.2) is 4.39 Å². The zero-order valence-corrected chi connectivity index (χ0v) is 17.8. The first kappa shape index (κ1) is 23.2. The van der Waals surface area contributed by atoms with E-state index in [0.29, 0.717) is 18.6 Å². The van der Waals surface area contributed by atoms with Crippen LogP contribution >= 0.6 is 23.2 Å². The summed E-state index contributed by atoms with van der Waals surface area (Å²) in [5.41, 5.74) is 0.393. The van der Waals surface area contributed by atoms with E-state index in [1.165, 1.54) is 10.6 Å². The first-order valence-electron chi connectivity index (χ1n) is 9.19. The topological polar surface area (TPSA) is 31.2 Å². The first-order valence-corrected chi connectivity index (χ1v) is 9.94. The Balaban J connectivity index is 1.86. The summed E-state index contributed by atoms with van der Waals surface area (Å²) < 4.78 is 59.0. The van der Waals surface area contributed by atoms with Gasteiger partial charge in [0.2, 0.25) is 0 Å². The molecule has 0 aliphatic rings. The molecule has 31 heavy (non-hydrogen) atoms. The van der Waals surface area contributed by atoms with Gasteiger partial charge in [-0.1, -0.05) is 53.0 Å². The molecule has 0 fully saturated rings. The van der Waals surface area contributed by atoms with Crippen molar-refractivity contribution < 1.29 is 22.3 Å². The second-order valence-corrected chi connectivity index (χ2v) is 7.72. The molecule has 1 aromatic heterocycles. The third kappa shape index (κ3) is 5.60. The Morgan fingerprint density at radius 1 is 1.00 bits per heavy atom. The molecule has 3 nitrogen and oxygen atoms in total. The normalized spacial score (nSPS) is 11.6. The van der Waals surface area contributed by atoms with Crippen molar-refractivity contribution in [3.05, 3.63) is 97.1 Å². The molecule has 164 valence electrons. The van der Waals surface area contributed by atoms with Crippen LogP contribution in [0, 0.1) is 12.7 Å². The van der Waals surface area contributed by atoms with E-state index in [4.69, 9.17) is 27.9 Å². The number of rotatable bonds is 6. The highest BCUT2D eigenvalue weighted by Crippen LogP contribution is 2.34. The molecule has 0 aliphatic heterocycles.